The van der Waals surface area contributed by atoms with Crippen molar-refractivity contribution in [3.05, 3.63) is 12.2 Å². The summed E-state index contributed by atoms with van der Waals surface area (Å²) in [6.07, 6.45) is 3.16. The molecule has 0 spiro atoms. The Kier molecular flexibility index (Phi) is 6.12. The van der Waals surface area contributed by atoms with Crippen LogP contribution in [-0.2, 0) is 0 Å². The summed E-state index contributed by atoms with van der Waals surface area (Å²) in [6, 6.07) is 0. The van der Waals surface area contributed by atoms with Crippen molar-refractivity contribution >= 4 is 0 Å². The van der Waals surface area contributed by atoms with Crippen LogP contribution in [0.25, 0.3) is 0 Å². The average Bonchev–Trinajstić information content (AvgIpc) is 2.03. The van der Waals surface area contributed by atoms with Crippen LogP contribution in [0.1, 0.15) is 19.8 Å². The highest BCUT2D eigenvalue weighted by atomic mass is 16.4. The fourth-order valence-electron chi connectivity index (χ4n) is 0.681. The van der Waals surface area contributed by atoms with Crippen molar-refractivity contribution in [2.45, 2.75) is 32.0 Å². The molecule has 0 saturated carbocycles. The third-order valence-electron chi connectivity index (χ3n) is 1.41. The van der Waals surface area contributed by atoms with Crippen molar-refractivity contribution in [3.63, 3.8) is 0 Å². The lowest BCUT2D eigenvalue weighted by Crippen LogP contribution is -2.28. The topological polar surface area (TPSA) is 60.7 Å². The van der Waals surface area contributed by atoms with Crippen LogP contribution in [0.15, 0.2) is 12.2 Å². The van der Waals surface area contributed by atoms with Crippen LogP contribution in [0.4, 0.5) is 0 Å². The van der Waals surface area contributed by atoms with Crippen molar-refractivity contribution in [2.24, 2.45) is 0 Å². The van der Waals surface area contributed by atoms with Crippen LogP contribution in [0.5, 0.6) is 0 Å². The monoisotopic (exact) mass is 160 g/mol. The molecule has 0 aliphatic carbocycles. The Labute approximate surface area is 67.0 Å². The van der Waals surface area contributed by atoms with Crippen molar-refractivity contribution < 1.29 is 15.3 Å². The fourth-order valence-corrected chi connectivity index (χ4v) is 0.681. The Bertz CT molecular complexity index is 112. The first kappa shape index (κ1) is 10.6. The van der Waals surface area contributed by atoms with Crippen LogP contribution in [0.3, 0.4) is 0 Å². The van der Waals surface area contributed by atoms with Crippen LogP contribution in [-0.4, -0.2) is 34.1 Å². The van der Waals surface area contributed by atoms with Crippen LogP contribution < -0.4 is 0 Å². The zero-order chi connectivity index (χ0) is 8.69. The normalized spacial score (nSPS) is 17.1. The van der Waals surface area contributed by atoms with Gasteiger partial charge in [-0.25, -0.2) is 0 Å². The molecule has 3 N–H and O–H groups in total. The van der Waals surface area contributed by atoms with E-state index in [4.69, 9.17) is 15.3 Å². The molecule has 0 radical (unpaired) electrons. The lowest BCUT2D eigenvalue weighted by Gasteiger charge is -2.12. The van der Waals surface area contributed by atoms with E-state index >= 15 is 0 Å². The first-order chi connectivity index (χ1) is 5.22. The second-order valence-electron chi connectivity index (χ2n) is 2.43. The standard InChI is InChI=1S/C8H16O3/c1-2-3-4-5-7(10)8(11)6-9/h3-4,7-11H,2,5-6H2,1H3. The van der Waals surface area contributed by atoms with Crippen LogP contribution >= 0.6 is 0 Å². The van der Waals surface area contributed by atoms with E-state index in [0.717, 1.165) is 6.42 Å². The molecule has 0 aliphatic rings. The SMILES string of the molecule is CCC=CCC(O)C(O)CO. The summed E-state index contributed by atoms with van der Waals surface area (Å²) in [5.41, 5.74) is 0. The van der Waals surface area contributed by atoms with Crippen molar-refractivity contribution in [3.8, 4) is 0 Å². The van der Waals surface area contributed by atoms with E-state index in [0.29, 0.717) is 6.42 Å². The number of aliphatic hydroxyl groups is 3. The molecule has 0 amide bonds. The highest BCUT2D eigenvalue weighted by Crippen LogP contribution is 1.99. The van der Waals surface area contributed by atoms with Gasteiger partial charge in [0.25, 0.3) is 0 Å². The van der Waals surface area contributed by atoms with E-state index < -0.39 is 12.2 Å². The minimum atomic E-state index is -1.02. The van der Waals surface area contributed by atoms with Gasteiger partial charge in [-0.2, -0.15) is 0 Å². The summed E-state index contributed by atoms with van der Waals surface area (Å²) < 4.78 is 0. The molecule has 0 saturated heterocycles. The van der Waals surface area contributed by atoms with Crippen molar-refractivity contribution in [2.75, 3.05) is 6.61 Å². The average molecular weight is 160 g/mol. The van der Waals surface area contributed by atoms with Gasteiger partial charge in [0.05, 0.1) is 12.7 Å². The highest BCUT2D eigenvalue weighted by molar-refractivity contribution is 4.84. The summed E-state index contributed by atoms with van der Waals surface area (Å²) in [6.45, 7) is 1.60. The minimum Gasteiger partial charge on any atom is -0.394 e. The first-order valence-electron chi connectivity index (χ1n) is 3.84. The predicted octanol–water partition coefficient (Wildman–Crippen LogP) is 0.0568. The Morgan fingerprint density at radius 1 is 1.18 bits per heavy atom. The lowest BCUT2D eigenvalue weighted by molar-refractivity contribution is -0.0120. The maximum atomic E-state index is 9.08. The van der Waals surface area contributed by atoms with Gasteiger partial charge in [0.1, 0.15) is 6.10 Å². The van der Waals surface area contributed by atoms with Gasteiger partial charge in [0.2, 0.25) is 0 Å². The third-order valence-corrected chi connectivity index (χ3v) is 1.41. The van der Waals surface area contributed by atoms with E-state index in [9.17, 15) is 0 Å². The molecule has 0 aliphatic heterocycles. The van der Waals surface area contributed by atoms with Crippen LogP contribution in [0, 0.1) is 0 Å². The molecule has 0 rings (SSSR count). The second kappa shape index (κ2) is 6.34. The molecule has 0 aromatic heterocycles. The number of aliphatic hydroxyl groups excluding tert-OH is 3. The van der Waals surface area contributed by atoms with Crippen molar-refractivity contribution in [1.82, 2.24) is 0 Å². The van der Waals surface area contributed by atoms with E-state index in [-0.39, 0.29) is 6.61 Å². The molecule has 3 heteroatoms. The number of hydrogen-bond donors (Lipinski definition) is 3. The summed E-state index contributed by atoms with van der Waals surface area (Å²) in [7, 11) is 0. The second-order valence-corrected chi connectivity index (χ2v) is 2.43. The molecule has 0 aromatic rings. The predicted molar refractivity (Wildman–Crippen MR) is 43.1 cm³/mol. The maximum Gasteiger partial charge on any atom is 0.103 e. The molecule has 0 heterocycles. The van der Waals surface area contributed by atoms with E-state index in [2.05, 4.69) is 0 Å². The van der Waals surface area contributed by atoms with E-state index in [1.165, 1.54) is 0 Å². The van der Waals surface area contributed by atoms with Crippen LogP contribution in [0.2, 0.25) is 0 Å². The maximum absolute atomic E-state index is 9.08. The van der Waals surface area contributed by atoms with Gasteiger partial charge in [0.15, 0.2) is 0 Å². The zero-order valence-electron chi connectivity index (χ0n) is 6.77. The molecule has 11 heavy (non-hydrogen) atoms. The Hall–Kier alpha value is -0.380. The largest absolute Gasteiger partial charge is 0.394 e. The lowest BCUT2D eigenvalue weighted by atomic mass is 10.1. The summed E-state index contributed by atoms with van der Waals surface area (Å²) in [5.74, 6) is 0. The molecule has 3 nitrogen and oxygen atoms in total. The minimum absolute atomic E-state index is 0.388. The number of hydrogen-bond acceptors (Lipinski definition) is 3. The fraction of sp³-hybridized carbons (Fsp3) is 0.750. The summed E-state index contributed by atoms with van der Waals surface area (Å²) in [4.78, 5) is 0. The van der Waals surface area contributed by atoms with Crippen molar-refractivity contribution in [1.29, 1.82) is 0 Å². The van der Waals surface area contributed by atoms with Gasteiger partial charge < -0.3 is 15.3 Å². The molecule has 2 atom stereocenters. The Balaban J connectivity index is 3.50. The molecule has 0 aromatic carbocycles. The van der Waals surface area contributed by atoms with Gasteiger partial charge in [-0.05, 0) is 12.8 Å². The van der Waals surface area contributed by atoms with Gasteiger partial charge in [-0.15, -0.1) is 0 Å². The molecule has 66 valence electrons. The molecule has 2 unspecified atom stereocenters. The summed E-state index contributed by atoms with van der Waals surface area (Å²) >= 11 is 0. The first-order valence-corrected chi connectivity index (χ1v) is 3.84. The van der Waals surface area contributed by atoms with Gasteiger partial charge in [-0.1, -0.05) is 19.1 Å². The zero-order valence-corrected chi connectivity index (χ0v) is 6.77. The van der Waals surface area contributed by atoms with E-state index in [1.54, 1.807) is 6.08 Å². The summed E-state index contributed by atoms with van der Waals surface area (Å²) in [5, 5.41) is 26.4. The smallest absolute Gasteiger partial charge is 0.103 e. The van der Waals surface area contributed by atoms with E-state index in [1.807, 2.05) is 13.0 Å². The number of rotatable bonds is 5. The number of allylic oxidation sites excluding steroid dienone is 1. The van der Waals surface area contributed by atoms with Gasteiger partial charge >= 0.3 is 0 Å². The Morgan fingerprint density at radius 2 is 1.82 bits per heavy atom. The van der Waals surface area contributed by atoms with Gasteiger partial charge in [0, 0.05) is 0 Å². The quantitative estimate of drug-likeness (QED) is 0.498. The highest BCUT2D eigenvalue weighted by Gasteiger charge is 2.12. The molecule has 0 fully saturated rings. The third kappa shape index (κ3) is 4.95. The molecular weight excluding hydrogens is 144 g/mol. The molecular formula is C8H16O3. The molecule has 0 bridgehead atoms. The Morgan fingerprint density at radius 3 is 2.27 bits per heavy atom. The van der Waals surface area contributed by atoms with Gasteiger partial charge in [-0.3, -0.25) is 0 Å².